The van der Waals surface area contributed by atoms with Crippen LogP contribution >= 0.6 is 0 Å². The van der Waals surface area contributed by atoms with Crippen molar-refractivity contribution in [3.8, 4) is 0 Å². The number of nitrogens with one attached hydrogen (secondary N) is 1. The Morgan fingerprint density at radius 1 is 1.19 bits per heavy atom. The molecule has 1 N–H and O–H groups in total. The van der Waals surface area contributed by atoms with Crippen LogP contribution in [-0.4, -0.2) is 54.5 Å². The first-order valence-corrected chi connectivity index (χ1v) is 5.44. The first-order valence-electron chi connectivity index (χ1n) is 5.44. The molecule has 5 heteroatoms. The zero-order chi connectivity index (χ0) is 12.9. The van der Waals surface area contributed by atoms with Gasteiger partial charge in [0, 0.05) is 26.2 Å². The van der Waals surface area contributed by atoms with Crippen molar-refractivity contribution >= 4 is 11.9 Å². The summed E-state index contributed by atoms with van der Waals surface area (Å²) in [6.45, 7) is 8.21. The highest BCUT2D eigenvalue weighted by Gasteiger charge is 2.20. The molecular formula is C11H23N3O2. The normalized spacial score (nSPS) is 10.9. The summed E-state index contributed by atoms with van der Waals surface area (Å²) >= 11 is 0. The van der Waals surface area contributed by atoms with Gasteiger partial charge in [0.05, 0.1) is 0 Å². The summed E-state index contributed by atoms with van der Waals surface area (Å²) in [6.07, 6.45) is 0. The van der Waals surface area contributed by atoms with E-state index in [0.29, 0.717) is 6.54 Å². The highest BCUT2D eigenvalue weighted by Crippen LogP contribution is 2.01. The molecule has 0 fully saturated rings. The molecule has 0 unspecified atom stereocenters. The Morgan fingerprint density at radius 2 is 1.69 bits per heavy atom. The number of rotatable bonds is 3. The van der Waals surface area contributed by atoms with Crippen molar-refractivity contribution in [2.24, 2.45) is 0 Å². The molecule has 94 valence electrons. The molecule has 0 atom stereocenters. The predicted octanol–water partition coefficient (Wildman–Crippen LogP) is 0.905. The van der Waals surface area contributed by atoms with Crippen LogP contribution in [0.1, 0.15) is 27.7 Å². The van der Waals surface area contributed by atoms with Crippen LogP contribution in [0.4, 0.5) is 4.79 Å². The molecule has 0 aliphatic carbocycles. The second kappa shape index (κ2) is 5.72. The van der Waals surface area contributed by atoms with Crippen LogP contribution in [0.5, 0.6) is 0 Å². The SMILES string of the molecule is CCN(CC(=O)N(C)C)C(=O)NC(C)(C)C. The molecule has 0 radical (unpaired) electrons. The lowest BCUT2D eigenvalue weighted by molar-refractivity contribution is -0.129. The summed E-state index contributed by atoms with van der Waals surface area (Å²) in [4.78, 5) is 26.3. The lowest BCUT2D eigenvalue weighted by atomic mass is 10.1. The van der Waals surface area contributed by atoms with E-state index >= 15 is 0 Å². The summed E-state index contributed by atoms with van der Waals surface area (Å²) in [5.74, 6) is -0.0779. The number of likely N-dealkylation sites (N-methyl/N-ethyl adjacent to an activating group) is 2. The van der Waals surface area contributed by atoms with Gasteiger partial charge in [-0.1, -0.05) is 0 Å². The standard InChI is InChI=1S/C11H23N3O2/c1-7-14(8-9(15)13(5)6)10(16)12-11(2,3)4/h7-8H2,1-6H3,(H,12,16). The van der Waals surface area contributed by atoms with E-state index in [-0.39, 0.29) is 24.0 Å². The number of amides is 3. The summed E-state index contributed by atoms with van der Waals surface area (Å²) in [5.41, 5.74) is -0.286. The Bertz CT molecular complexity index is 256. The van der Waals surface area contributed by atoms with E-state index in [2.05, 4.69) is 5.32 Å². The molecule has 0 aliphatic heterocycles. The predicted molar refractivity (Wildman–Crippen MR) is 64.2 cm³/mol. The Morgan fingerprint density at radius 3 is 2.00 bits per heavy atom. The first-order chi connectivity index (χ1) is 7.17. The van der Waals surface area contributed by atoms with Crippen molar-refractivity contribution in [2.75, 3.05) is 27.2 Å². The average molecular weight is 229 g/mol. The summed E-state index contributed by atoms with van der Waals surface area (Å²) in [5, 5.41) is 2.83. The summed E-state index contributed by atoms with van der Waals surface area (Å²) in [7, 11) is 3.36. The molecule has 0 bridgehead atoms. The van der Waals surface area contributed by atoms with E-state index in [1.165, 1.54) is 9.80 Å². The monoisotopic (exact) mass is 229 g/mol. The Balaban J connectivity index is 4.39. The highest BCUT2D eigenvalue weighted by atomic mass is 16.2. The molecule has 0 saturated heterocycles. The Kier molecular flexibility index (Phi) is 5.27. The van der Waals surface area contributed by atoms with Gasteiger partial charge in [0.2, 0.25) is 5.91 Å². The molecule has 0 spiro atoms. The minimum atomic E-state index is -0.286. The van der Waals surface area contributed by atoms with Crippen LogP contribution in [0.3, 0.4) is 0 Å². The van der Waals surface area contributed by atoms with Gasteiger partial charge >= 0.3 is 6.03 Å². The fourth-order valence-corrected chi connectivity index (χ4v) is 1.03. The fourth-order valence-electron chi connectivity index (χ4n) is 1.03. The topological polar surface area (TPSA) is 52.7 Å². The summed E-state index contributed by atoms with van der Waals surface area (Å²) in [6, 6.07) is -0.204. The lowest BCUT2D eigenvalue weighted by Gasteiger charge is -2.27. The van der Waals surface area contributed by atoms with Gasteiger partial charge in [-0.2, -0.15) is 0 Å². The lowest BCUT2D eigenvalue weighted by Crippen LogP contribution is -2.50. The molecule has 0 aromatic carbocycles. The van der Waals surface area contributed by atoms with Crippen molar-refractivity contribution in [1.82, 2.24) is 15.1 Å². The van der Waals surface area contributed by atoms with E-state index < -0.39 is 0 Å². The molecule has 0 rings (SSSR count). The van der Waals surface area contributed by atoms with Crippen LogP contribution in [0.15, 0.2) is 0 Å². The van der Waals surface area contributed by atoms with E-state index in [0.717, 1.165) is 0 Å². The third-order valence-electron chi connectivity index (χ3n) is 1.98. The number of carbonyl (C=O) groups excluding carboxylic acids is 2. The largest absolute Gasteiger partial charge is 0.347 e. The van der Waals surface area contributed by atoms with Gasteiger partial charge in [-0.15, -0.1) is 0 Å². The van der Waals surface area contributed by atoms with Crippen LogP contribution < -0.4 is 5.32 Å². The third-order valence-corrected chi connectivity index (χ3v) is 1.98. The maximum absolute atomic E-state index is 11.8. The first kappa shape index (κ1) is 14.7. The maximum Gasteiger partial charge on any atom is 0.318 e. The van der Waals surface area contributed by atoms with Gasteiger partial charge in [-0.3, -0.25) is 4.79 Å². The van der Waals surface area contributed by atoms with Crippen LogP contribution in [0, 0.1) is 0 Å². The number of carbonyl (C=O) groups is 2. The molecular weight excluding hydrogens is 206 g/mol. The van der Waals surface area contributed by atoms with Crippen LogP contribution in [0.2, 0.25) is 0 Å². The molecule has 0 aromatic rings. The average Bonchev–Trinajstić information content (AvgIpc) is 2.10. The van der Waals surface area contributed by atoms with Gasteiger partial charge in [0.25, 0.3) is 0 Å². The number of hydrogen-bond acceptors (Lipinski definition) is 2. The van der Waals surface area contributed by atoms with Gasteiger partial charge in [-0.05, 0) is 27.7 Å². The molecule has 0 aromatic heterocycles. The Hall–Kier alpha value is -1.26. The van der Waals surface area contributed by atoms with E-state index in [1.54, 1.807) is 14.1 Å². The zero-order valence-electron chi connectivity index (χ0n) is 11.1. The quantitative estimate of drug-likeness (QED) is 0.782. The molecule has 0 saturated carbocycles. The van der Waals surface area contributed by atoms with Crippen molar-refractivity contribution in [1.29, 1.82) is 0 Å². The Labute approximate surface area is 97.8 Å². The smallest absolute Gasteiger partial charge is 0.318 e. The van der Waals surface area contributed by atoms with E-state index in [9.17, 15) is 9.59 Å². The van der Waals surface area contributed by atoms with Gasteiger partial charge in [0.15, 0.2) is 0 Å². The molecule has 0 heterocycles. The van der Waals surface area contributed by atoms with Gasteiger partial charge in [0.1, 0.15) is 6.54 Å². The second-order valence-corrected chi connectivity index (χ2v) is 4.98. The van der Waals surface area contributed by atoms with Crippen molar-refractivity contribution in [2.45, 2.75) is 33.2 Å². The molecule has 5 nitrogen and oxygen atoms in total. The van der Waals surface area contributed by atoms with Gasteiger partial charge < -0.3 is 15.1 Å². The van der Waals surface area contributed by atoms with Crippen LogP contribution in [-0.2, 0) is 4.79 Å². The van der Waals surface area contributed by atoms with Crippen molar-refractivity contribution in [3.63, 3.8) is 0 Å². The highest BCUT2D eigenvalue weighted by molar-refractivity contribution is 5.84. The third kappa shape index (κ3) is 5.58. The number of hydrogen-bond donors (Lipinski definition) is 1. The molecule has 0 aliphatic rings. The fraction of sp³-hybridized carbons (Fsp3) is 0.818. The van der Waals surface area contributed by atoms with Crippen LogP contribution in [0.25, 0.3) is 0 Å². The second-order valence-electron chi connectivity index (χ2n) is 4.98. The molecule has 16 heavy (non-hydrogen) atoms. The van der Waals surface area contributed by atoms with E-state index in [4.69, 9.17) is 0 Å². The van der Waals surface area contributed by atoms with Crippen molar-refractivity contribution in [3.05, 3.63) is 0 Å². The maximum atomic E-state index is 11.8. The minimum Gasteiger partial charge on any atom is -0.347 e. The van der Waals surface area contributed by atoms with Gasteiger partial charge in [-0.25, -0.2) is 4.79 Å². The molecule has 3 amide bonds. The van der Waals surface area contributed by atoms with Crippen molar-refractivity contribution < 1.29 is 9.59 Å². The summed E-state index contributed by atoms with van der Waals surface area (Å²) < 4.78 is 0. The zero-order valence-corrected chi connectivity index (χ0v) is 11.1. The minimum absolute atomic E-state index is 0.0779. The van der Waals surface area contributed by atoms with E-state index in [1.807, 2.05) is 27.7 Å². The number of nitrogens with zero attached hydrogens (tertiary/aromatic N) is 2. The number of urea groups is 1.